The Morgan fingerprint density at radius 1 is 1.20 bits per heavy atom. The highest BCUT2D eigenvalue weighted by Gasteiger charge is 2.23. The van der Waals surface area contributed by atoms with Crippen LogP contribution in [-0.2, 0) is 4.79 Å². The summed E-state index contributed by atoms with van der Waals surface area (Å²) in [5, 5.41) is 0. The van der Waals surface area contributed by atoms with Crippen LogP contribution in [-0.4, -0.2) is 30.0 Å². The van der Waals surface area contributed by atoms with Crippen LogP contribution in [0.4, 0.5) is 0 Å². The van der Waals surface area contributed by atoms with Crippen LogP contribution in [0, 0.1) is 0 Å². The first-order valence-electron chi connectivity index (χ1n) is 7.78. The molecule has 1 aliphatic rings. The van der Waals surface area contributed by atoms with Gasteiger partial charge in [-0.3, -0.25) is 4.79 Å². The van der Waals surface area contributed by atoms with Gasteiger partial charge in [-0.15, -0.1) is 0 Å². The molecule has 0 aliphatic heterocycles. The number of para-hydroxylation sites is 1. The Hall–Kier alpha value is -1.51. The second-order valence-corrected chi connectivity index (χ2v) is 5.38. The van der Waals surface area contributed by atoms with E-state index in [1.165, 1.54) is 32.1 Å². The molecule has 0 aromatic heterocycles. The number of benzene rings is 1. The molecule has 0 atom stereocenters. The van der Waals surface area contributed by atoms with E-state index in [2.05, 4.69) is 6.92 Å². The lowest BCUT2D eigenvalue weighted by Gasteiger charge is -2.33. The quantitative estimate of drug-likeness (QED) is 0.793. The van der Waals surface area contributed by atoms with E-state index in [-0.39, 0.29) is 5.91 Å². The van der Waals surface area contributed by atoms with Gasteiger partial charge >= 0.3 is 0 Å². The molecule has 3 heteroatoms. The van der Waals surface area contributed by atoms with Gasteiger partial charge in [0.1, 0.15) is 5.75 Å². The van der Waals surface area contributed by atoms with E-state index in [0.29, 0.717) is 19.1 Å². The third-order valence-corrected chi connectivity index (χ3v) is 4.00. The van der Waals surface area contributed by atoms with Crippen LogP contribution < -0.4 is 4.74 Å². The number of hydrogen-bond acceptors (Lipinski definition) is 2. The number of carbonyl (C=O) groups is 1. The van der Waals surface area contributed by atoms with Gasteiger partial charge in [0.15, 0.2) is 0 Å². The Labute approximate surface area is 121 Å². The van der Waals surface area contributed by atoms with Crippen molar-refractivity contribution in [3.05, 3.63) is 30.3 Å². The number of ether oxygens (including phenoxy) is 1. The summed E-state index contributed by atoms with van der Waals surface area (Å²) in [6, 6.07) is 10.1. The molecule has 1 aromatic rings. The molecule has 1 aliphatic carbocycles. The molecule has 0 saturated heterocycles. The van der Waals surface area contributed by atoms with Crippen molar-refractivity contribution >= 4 is 5.91 Å². The minimum atomic E-state index is 0.232. The minimum Gasteiger partial charge on any atom is -0.493 e. The van der Waals surface area contributed by atoms with Crippen molar-refractivity contribution in [3.8, 4) is 5.75 Å². The topological polar surface area (TPSA) is 29.5 Å². The lowest BCUT2D eigenvalue weighted by atomic mass is 9.94. The number of amides is 1. The summed E-state index contributed by atoms with van der Waals surface area (Å²) < 4.78 is 5.61. The number of carbonyl (C=O) groups excluding carboxylic acids is 1. The van der Waals surface area contributed by atoms with E-state index in [1.807, 2.05) is 35.2 Å². The predicted octanol–water partition coefficient (Wildman–Crippen LogP) is 3.64. The fourth-order valence-electron chi connectivity index (χ4n) is 2.95. The van der Waals surface area contributed by atoms with Crippen molar-refractivity contribution < 1.29 is 9.53 Å². The lowest BCUT2D eigenvalue weighted by Crippen LogP contribution is -2.41. The lowest BCUT2D eigenvalue weighted by molar-refractivity contribution is -0.134. The summed E-state index contributed by atoms with van der Waals surface area (Å²) in [4.78, 5) is 14.4. The molecule has 20 heavy (non-hydrogen) atoms. The van der Waals surface area contributed by atoms with Crippen LogP contribution in [0.15, 0.2) is 30.3 Å². The van der Waals surface area contributed by atoms with Gasteiger partial charge < -0.3 is 9.64 Å². The van der Waals surface area contributed by atoms with Crippen molar-refractivity contribution in [1.29, 1.82) is 0 Å². The van der Waals surface area contributed by atoms with Gasteiger partial charge in [0.05, 0.1) is 13.0 Å². The van der Waals surface area contributed by atoms with Crippen LogP contribution in [0.25, 0.3) is 0 Å². The van der Waals surface area contributed by atoms with Crippen molar-refractivity contribution in [3.63, 3.8) is 0 Å². The second kappa shape index (κ2) is 7.93. The van der Waals surface area contributed by atoms with Gasteiger partial charge in [0.25, 0.3) is 0 Å². The highest BCUT2D eigenvalue weighted by molar-refractivity contribution is 5.76. The first-order chi connectivity index (χ1) is 9.81. The first kappa shape index (κ1) is 14.9. The molecule has 0 unspecified atom stereocenters. The average Bonchev–Trinajstić information content (AvgIpc) is 2.50. The zero-order valence-corrected chi connectivity index (χ0v) is 12.4. The smallest absolute Gasteiger partial charge is 0.226 e. The van der Waals surface area contributed by atoms with Crippen LogP contribution in [0.5, 0.6) is 5.75 Å². The van der Waals surface area contributed by atoms with Gasteiger partial charge in [-0.05, 0) is 31.9 Å². The van der Waals surface area contributed by atoms with Gasteiger partial charge in [0.2, 0.25) is 5.91 Å². The summed E-state index contributed by atoms with van der Waals surface area (Å²) in [5.41, 5.74) is 0. The largest absolute Gasteiger partial charge is 0.493 e. The molecule has 1 fully saturated rings. The SMILES string of the molecule is CCN(C(=O)CCOc1ccccc1)C1CCCCC1. The van der Waals surface area contributed by atoms with Gasteiger partial charge in [0, 0.05) is 12.6 Å². The van der Waals surface area contributed by atoms with E-state index in [0.717, 1.165) is 12.3 Å². The molecule has 1 saturated carbocycles. The molecule has 1 amide bonds. The maximum atomic E-state index is 12.3. The van der Waals surface area contributed by atoms with Crippen molar-refractivity contribution in [2.45, 2.75) is 51.5 Å². The molecule has 0 radical (unpaired) electrons. The molecule has 0 bridgehead atoms. The highest BCUT2D eigenvalue weighted by atomic mass is 16.5. The van der Waals surface area contributed by atoms with Crippen LogP contribution in [0.2, 0.25) is 0 Å². The normalized spacial score (nSPS) is 15.8. The monoisotopic (exact) mass is 275 g/mol. The fraction of sp³-hybridized carbons (Fsp3) is 0.588. The van der Waals surface area contributed by atoms with Crippen LogP contribution >= 0.6 is 0 Å². The average molecular weight is 275 g/mol. The second-order valence-electron chi connectivity index (χ2n) is 5.38. The molecule has 3 nitrogen and oxygen atoms in total. The van der Waals surface area contributed by atoms with Crippen molar-refractivity contribution in [2.24, 2.45) is 0 Å². The molecule has 110 valence electrons. The van der Waals surface area contributed by atoms with E-state index in [1.54, 1.807) is 0 Å². The van der Waals surface area contributed by atoms with Gasteiger partial charge in [-0.25, -0.2) is 0 Å². The maximum absolute atomic E-state index is 12.3. The van der Waals surface area contributed by atoms with Crippen molar-refractivity contribution in [2.75, 3.05) is 13.2 Å². The number of rotatable bonds is 6. The highest BCUT2D eigenvalue weighted by Crippen LogP contribution is 2.23. The van der Waals surface area contributed by atoms with Crippen molar-refractivity contribution in [1.82, 2.24) is 4.90 Å². The molecule has 1 aromatic carbocycles. The molecule has 0 spiro atoms. The number of hydrogen-bond donors (Lipinski definition) is 0. The summed E-state index contributed by atoms with van der Waals surface area (Å²) in [7, 11) is 0. The molecule has 0 N–H and O–H groups in total. The third kappa shape index (κ3) is 4.26. The van der Waals surface area contributed by atoms with E-state index < -0.39 is 0 Å². The Balaban J connectivity index is 1.77. The minimum absolute atomic E-state index is 0.232. The standard InChI is InChI=1S/C17H25NO2/c1-2-18(15-9-5-3-6-10-15)17(19)13-14-20-16-11-7-4-8-12-16/h4,7-8,11-12,15H,2-3,5-6,9-10,13-14H2,1H3. The third-order valence-electron chi connectivity index (χ3n) is 4.00. The van der Waals surface area contributed by atoms with Gasteiger partial charge in [-0.2, -0.15) is 0 Å². The predicted molar refractivity (Wildman–Crippen MR) is 80.8 cm³/mol. The first-order valence-corrected chi connectivity index (χ1v) is 7.78. The Kier molecular flexibility index (Phi) is 5.90. The fourth-order valence-corrected chi connectivity index (χ4v) is 2.95. The van der Waals surface area contributed by atoms with E-state index in [9.17, 15) is 4.79 Å². The van der Waals surface area contributed by atoms with Crippen LogP contribution in [0.3, 0.4) is 0 Å². The molecule has 0 heterocycles. The summed E-state index contributed by atoms with van der Waals surface area (Å²) >= 11 is 0. The van der Waals surface area contributed by atoms with Crippen LogP contribution in [0.1, 0.15) is 45.4 Å². The number of nitrogens with zero attached hydrogens (tertiary/aromatic N) is 1. The summed E-state index contributed by atoms with van der Waals surface area (Å²) in [6.07, 6.45) is 6.64. The zero-order chi connectivity index (χ0) is 14.2. The van der Waals surface area contributed by atoms with Gasteiger partial charge in [-0.1, -0.05) is 37.5 Å². The summed E-state index contributed by atoms with van der Waals surface area (Å²) in [6.45, 7) is 3.35. The molecular formula is C17H25NO2. The Morgan fingerprint density at radius 3 is 2.55 bits per heavy atom. The maximum Gasteiger partial charge on any atom is 0.226 e. The Morgan fingerprint density at radius 2 is 1.90 bits per heavy atom. The van der Waals surface area contributed by atoms with E-state index >= 15 is 0 Å². The molecular weight excluding hydrogens is 250 g/mol. The Bertz CT molecular complexity index is 399. The zero-order valence-electron chi connectivity index (χ0n) is 12.4. The summed E-state index contributed by atoms with van der Waals surface area (Å²) in [5.74, 6) is 1.07. The van der Waals surface area contributed by atoms with E-state index in [4.69, 9.17) is 4.74 Å². The molecule has 2 rings (SSSR count).